The number of anilines is 1. The van der Waals surface area contributed by atoms with E-state index >= 15 is 0 Å². The molecule has 1 aliphatic heterocycles. The van der Waals surface area contributed by atoms with Gasteiger partial charge in [0.25, 0.3) is 5.92 Å². The van der Waals surface area contributed by atoms with Crippen LogP contribution in [0.4, 0.5) is 19.4 Å². The molecule has 1 aliphatic rings. The highest BCUT2D eigenvalue weighted by Crippen LogP contribution is 2.35. The minimum Gasteiger partial charge on any atom is -0.371 e. The Morgan fingerprint density at radius 2 is 2.10 bits per heavy atom. The lowest BCUT2D eigenvalue weighted by molar-refractivity contribution is -0.111. The Hall–Kier alpha value is -1.58. The van der Waals surface area contributed by atoms with Crippen molar-refractivity contribution in [2.45, 2.75) is 32.0 Å². The fourth-order valence-corrected chi connectivity index (χ4v) is 2.26. The molecule has 2 atom stereocenters. The zero-order valence-electron chi connectivity index (χ0n) is 11.4. The maximum absolute atomic E-state index is 13.4. The first-order valence-corrected chi connectivity index (χ1v) is 6.32. The third-order valence-electron chi connectivity index (χ3n) is 3.11. The summed E-state index contributed by atoms with van der Waals surface area (Å²) in [4.78, 5) is 17.7. The number of aromatic nitrogens is 2. The van der Waals surface area contributed by atoms with Crippen LogP contribution in [0, 0.1) is 0 Å². The molecule has 2 amide bonds. The Balaban J connectivity index is 2.46. The van der Waals surface area contributed by atoms with E-state index in [1.807, 2.05) is 0 Å². The lowest BCUT2D eigenvalue weighted by Crippen LogP contribution is -2.36. The molecule has 21 heavy (non-hydrogen) atoms. The maximum Gasteiger partial charge on any atom is 0.352 e. The van der Waals surface area contributed by atoms with Crippen LogP contribution in [0.5, 0.6) is 0 Å². The molecule has 10 heteroatoms. The summed E-state index contributed by atoms with van der Waals surface area (Å²) >= 11 is 5.59. The van der Waals surface area contributed by atoms with Gasteiger partial charge < -0.3 is 5.11 Å². The fraction of sp³-hybridized carbons (Fsp3) is 0.545. The van der Waals surface area contributed by atoms with Crippen LogP contribution in [0.1, 0.15) is 19.4 Å². The smallest absolute Gasteiger partial charge is 0.352 e. The molecular weight excluding hydrogens is 310 g/mol. The predicted octanol–water partition coefficient (Wildman–Crippen LogP) is 1.75. The molecule has 1 N–H and O–H groups in total. The lowest BCUT2D eigenvalue weighted by atomic mass is 10.2. The van der Waals surface area contributed by atoms with E-state index in [0.29, 0.717) is 6.92 Å². The van der Waals surface area contributed by atoms with Crippen molar-refractivity contribution in [1.29, 1.82) is 0 Å². The molecule has 1 aromatic rings. The summed E-state index contributed by atoms with van der Waals surface area (Å²) in [6.45, 7) is 2.18. The summed E-state index contributed by atoms with van der Waals surface area (Å²) in [5, 5.41) is 17.5. The molecule has 7 nitrogen and oxygen atoms in total. The molecule has 0 bridgehead atoms. The van der Waals surface area contributed by atoms with Gasteiger partial charge in [-0.2, -0.15) is 5.06 Å². The molecule has 0 radical (unpaired) electrons. The van der Waals surface area contributed by atoms with Gasteiger partial charge in [-0.3, -0.25) is 4.84 Å². The van der Waals surface area contributed by atoms with Crippen molar-refractivity contribution < 1.29 is 23.5 Å². The fourth-order valence-electron chi connectivity index (χ4n) is 2.00. The van der Waals surface area contributed by atoms with Crippen molar-refractivity contribution in [2.75, 3.05) is 12.0 Å². The molecule has 116 valence electrons. The molecule has 1 aromatic heterocycles. The van der Waals surface area contributed by atoms with Gasteiger partial charge in [-0.25, -0.2) is 18.5 Å². The van der Waals surface area contributed by atoms with Gasteiger partial charge in [0.1, 0.15) is 6.04 Å². The molecular formula is C11H13ClF2N4O3. The molecule has 2 rings (SSSR count). The second kappa shape index (κ2) is 5.32. The first-order valence-electron chi connectivity index (χ1n) is 5.94. The van der Waals surface area contributed by atoms with Crippen molar-refractivity contribution in [3.05, 3.63) is 16.8 Å². The second-order valence-corrected chi connectivity index (χ2v) is 4.97. The van der Waals surface area contributed by atoms with Crippen LogP contribution in [0.25, 0.3) is 0 Å². The number of carbonyl (C=O) groups is 1. The number of hydrogen-bond acceptors (Lipinski definition) is 5. The minimum atomic E-state index is -3.26. The maximum atomic E-state index is 13.4. The summed E-state index contributed by atoms with van der Waals surface area (Å²) in [6, 6.07) is -0.521. The van der Waals surface area contributed by atoms with E-state index in [9.17, 15) is 18.7 Å². The van der Waals surface area contributed by atoms with Crippen molar-refractivity contribution in [1.82, 2.24) is 15.3 Å². The highest BCUT2D eigenvalue weighted by atomic mass is 35.5. The van der Waals surface area contributed by atoms with Crippen LogP contribution in [0.15, 0.2) is 6.07 Å². The van der Waals surface area contributed by atoms with Crippen LogP contribution >= 0.6 is 11.6 Å². The highest BCUT2D eigenvalue weighted by molar-refractivity contribution is 6.30. The number of hydrogen-bond donors (Lipinski definition) is 1. The number of hydroxylamine groups is 2. The van der Waals surface area contributed by atoms with Crippen molar-refractivity contribution in [3.63, 3.8) is 0 Å². The van der Waals surface area contributed by atoms with Crippen LogP contribution in [0.3, 0.4) is 0 Å². The van der Waals surface area contributed by atoms with Gasteiger partial charge in [0, 0.05) is 6.92 Å². The largest absolute Gasteiger partial charge is 0.371 e. The van der Waals surface area contributed by atoms with E-state index in [2.05, 4.69) is 10.2 Å². The molecule has 0 aromatic carbocycles. The number of aliphatic hydroxyl groups is 1. The summed E-state index contributed by atoms with van der Waals surface area (Å²) in [5.41, 5.74) is -0.585. The zero-order valence-corrected chi connectivity index (χ0v) is 12.2. The van der Waals surface area contributed by atoms with Crippen molar-refractivity contribution in [2.24, 2.45) is 0 Å². The number of alkyl halides is 2. The van der Waals surface area contributed by atoms with Gasteiger partial charge in [0.05, 0.1) is 12.7 Å². The Labute approximate surface area is 124 Å². The summed E-state index contributed by atoms with van der Waals surface area (Å²) in [6.07, 6.45) is -1.31. The topological polar surface area (TPSA) is 78.8 Å². The number of rotatable bonds is 3. The first kappa shape index (κ1) is 15.8. The van der Waals surface area contributed by atoms with E-state index in [-0.39, 0.29) is 5.82 Å². The van der Waals surface area contributed by atoms with E-state index < -0.39 is 34.9 Å². The molecule has 0 aliphatic carbocycles. The zero-order chi connectivity index (χ0) is 15.9. The van der Waals surface area contributed by atoms with Crippen molar-refractivity contribution >= 4 is 23.4 Å². The van der Waals surface area contributed by atoms with E-state index in [4.69, 9.17) is 16.4 Å². The van der Waals surface area contributed by atoms with E-state index in [1.165, 1.54) is 14.0 Å². The Kier molecular flexibility index (Phi) is 4.00. The number of carbonyl (C=O) groups excluding carboxylic acids is 1. The molecule has 1 fully saturated rings. The third-order valence-corrected chi connectivity index (χ3v) is 3.39. The second-order valence-electron chi connectivity index (χ2n) is 4.61. The summed E-state index contributed by atoms with van der Waals surface area (Å²) in [7, 11) is 1.25. The van der Waals surface area contributed by atoms with E-state index in [1.54, 1.807) is 0 Å². The highest BCUT2D eigenvalue weighted by Gasteiger charge is 2.45. The predicted molar refractivity (Wildman–Crippen MR) is 68.8 cm³/mol. The number of halogens is 3. The quantitative estimate of drug-likeness (QED) is 0.917. The standard InChI is InChI=1S/C11H13ClF2N4O3/c1-5-9(19)17(10(20)18(5)21-3)7-4-6(11(2,13)14)8(12)16-15-7/h4-5,9,19H,1-3H3. The van der Waals surface area contributed by atoms with Gasteiger partial charge in [-0.1, -0.05) is 11.6 Å². The third kappa shape index (κ3) is 2.63. The Morgan fingerprint density at radius 3 is 2.57 bits per heavy atom. The van der Waals surface area contributed by atoms with Crippen LogP contribution in [-0.2, 0) is 10.8 Å². The summed E-state index contributed by atoms with van der Waals surface area (Å²) in [5.74, 6) is -3.50. The average molecular weight is 323 g/mol. The van der Waals surface area contributed by atoms with Gasteiger partial charge in [0.15, 0.2) is 17.2 Å². The Morgan fingerprint density at radius 1 is 1.48 bits per heavy atom. The molecule has 2 unspecified atom stereocenters. The first-order chi connectivity index (χ1) is 9.68. The van der Waals surface area contributed by atoms with Gasteiger partial charge in [0.2, 0.25) is 0 Å². The molecule has 2 heterocycles. The number of nitrogens with zero attached hydrogens (tertiary/aromatic N) is 4. The average Bonchev–Trinajstić information content (AvgIpc) is 2.60. The van der Waals surface area contributed by atoms with Crippen LogP contribution in [0.2, 0.25) is 5.15 Å². The lowest BCUT2D eigenvalue weighted by Gasteiger charge is -2.20. The van der Waals surface area contributed by atoms with E-state index in [0.717, 1.165) is 16.0 Å². The minimum absolute atomic E-state index is 0.236. The molecule has 0 spiro atoms. The van der Waals surface area contributed by atoms with Gasteiger partial charge in [-0.15, -0.1) is 10.2 Å². The number of aliphatic hydroxyl groups excluding tert-OH is 1. The molecule has 1 saturated heterocycles. The SMILES string of the molecule is CON1C(=O)N(c2cc(C(C)(F)F)c(Cl)nn2)C(O)C1C. The number of urea groups is 1. The van der Waals surface area contributed by atoms with Crippen LogP contribution < -0.4 is 4.90 Å². The van der Waals surface area contributed by atoms with Crippen molar-refractivity contribution in [3.8, 4) is 0 Å². The molecule has 0 saturated carbocycles. The monoisotopic (exact) mass is 322 g/mol. The normalized spacial score (nSPS) is 23.1. The number of amides is 2. The van der Waals surface area contributed by atoms with Gasteiger partial charge >= 0.3 is 6.03 Å². The summed E-state index contributed by atoms with van der Waals surface area (Å²) < 4.78 is 26.9. The van der Waals surface area contributed by atoms with Gasteiger partial charge in [-0.05, 0) is 13.0 Å². The van der Waals surface area contributed by atoms with Crippen LogP contribution in [-0.4, -0.2) is 45.8 Å². The Bertz CT molecular complexity index is 569.